The van der Waals surface area contributed by atoms with Crippen LogP contribution in [-0.4, -0.2) is 59.3 Å². The molecule has 0 unspecified atom stereocenters. The van der Waals surface area contributed by atoms with Crippen molar-refractivity contribution in [2.45, 2.75) is 76.8 Å². The molecule has 0 bridgehead atoms. The third-order valence-corrected chi connectivity index (χ3v) is 7.32. The summed E-state index contributed by atoms with van der Waals surface area (Å²) in [5, 5.41) is 13.2. The lowest BCUT2D eigenvalue weighted by Gasteiger charge is -2.30. The molecule has 0 aliphatic carbocycles. The first kappa shape index (κ1) is 29.7. The van der Waals surface area contributed by atoms with Gasteiger partial charge in [0.25, 0.3) is 0 Å². The molecule has 2 fully saturated rings. The van der Waals surface area contributed by atoms with E-state index in [-0.39, 0.29) is 30.7 Å². The third kappa shape index (κ3) is 7.35. The van der Waals surface area contributed by atoms with Gasteiger partial charge in [-0.15, -0.1) is 12.4 Å². The molecule has 0 spiro atoms. The Bertz CT molecular complexity index is 1100. The summed E-state index contributed by atoms with van der Waals surface area (Å²) in [6.07, 6.45) is 5.60. The summed E-state index contributed by atoms with van der Waals surface area (Å²) >= 11 is 0. The maximum absolute atomic E-state index is 14.7. The minimum absolute atomic E-state index is 0. The SMILES string of the molecule is CC(C)c1noc(N2CCC(CCCOc3ccc(C[C@H](N)C(=O)N4CCC[C@H]4C#N)c(F)c3)CC2)n1.Cl. The van der Waals surface area contributed by atoms with Gasteiger partial charge in [-0.25, -0.2) is 4.39 Å². The summed E-state index contributed by atoms with van der Waals surface area (Å²) in [5.74, 6) is 1.34. The molecule has 3 heterocycles. The molecule has 2 aliphatic rings. The topological polar surface area (TPSA) is 122 Å². The standard InChI is InChI=1S/C27H37FN6O3.ClH/c1-18(2)25-31-27(37-32-25)33-12-9-19(10-13-33)5-4-14-36-22-8-7-20(23(28)16-22)15-24(30)26(35)34-11-3-6-21(34)17-29;/h7-8,16,18-19,21,24H,3-6,9-15,30H2,1-2H3;1H/t21-,24-;/m0./s1. The Morgan fingerprint density at radius 3 is 2.71 bits per heavy atom. The number of nitrogens with two attached hydrogens (primary N) is 1. The number of amides is 1. The predicted octanol–water partition coefficient (Wildman–Crippen LogP) is 4.21. The molecular weight excluding hydrogens is 511 g/mol. The van der Waals surface area contributed by atoms with E-state index in [1.54, 1.807) is 12.1 Å². The molecule has 2 N–H and O–H groups in total. The number of nitriles is 1. The van der Waals surface area contributed by atoms with Gasteiger partial charge in [-0.3, -0.25) is 4.79 Å². The zero-order valence-corrected chi connectivity index (χ0v) is 23.0. The van der Waals surface area contributed by atoms with Crippen LogP contribution in [0.3, 0.4) is 0 Å². The highest BCUT2D eigenvalue weighted by molar-refractivity contribution is 5.85. The van der Waals surface area contributed by atoms with Crippen molar-refractivity contribution in [1.29, 1.82) is 5.26 Å². The molecular formula is C27H38ClFN6O3. The Hall–Kier alpha value is -2.90. The van der Waals surface area contributed by atoms with Crippen LogP contribution in [0.15, 0.2) is 22.7 Å². The van der Waals surface area contributed by atoms with Gasteiger partial charge in [-0.2, -0.15) is 10.2 Å². The second-order valence-corrected chi connectivity index (χ2v) is 10.4. The van der Waals surface area contributed by atoms with Crippen molar-refractivity contribution >= 4 is 24.3 Å². The van der Waals surface area contributed by atoms with Crippen LogP contribution in [0, 0.1) is 23.1 Å². The first-order valence-electron chi connectivity index (χ1n) is 13.3. The van der Waals surface area contributed by atoms with Gasteiger partial charge >= 0.3 is 6.01 Å². The van der Waals surface area contributed by atoms with Crippen molar-refractivity contribution in [3.63, 3.8) is 0 Å². The number of likely N-dealkylation sites (tertiary alicyclic amines) is 1. The highest BCUT2D eigenvalue weighted by Crippen LogP contribution is 2.26. The molecule has 1 aromatic carbocycles. The average molecular weight is 549 g/mol. The first-order chi connectivity index (χ1) is 17.9. The Balaban J connectivity index is 0.00000400. The van der Waals surface area contributed by atoms with Crippen molar-refractivity contribution in [2.24, 2.45) is 11.7 Å². The van der Waals surface area contributed by atoms with Gasteiger partial charge in [0.2, 0.25) is 5.91 Å². The molecule has 38 heavy (non-hydrogen) atoms. The maximum Gasteiger partial charge on any atom is 0.324 e. The molecule has 0 radical (unpaired) electrons. The first-order valence-corrected chi connectivity index (χ1v) is 13.3. The summed E-state index contributed by atoms with van der Waals surface area (Å²) in [6.45, 7) is 6.94. The molecule has 2 aliphatic heterocycles. The lowest BCUT2D eigenvalue weighted by Crippen LogP contribution is -2.46. The van der Waals surface area contributed by atoms with Crippen LogP contribution < -0.4 is 15.4 Å². The molecule has 1 aromatic heterocycles. The van der Waals surface area contributed by atoms with Crippen LogP contribution in [0.1, 0.15) is 69.7 Å². The van der Waals surface area contributed by atoms with E-state index in [9.17, 15) is 14.4 Å². The number of hydrogen-bond acceptors (Lipinski definition) is 8. The van der Waals surface area contributed by atoms with Crippen LogP contribution in [0.4, 0.5) is 10.4 Å². The summed E-state index contributed by atoms with van der Waals surface area (Å²) < 4.78 is 25.9. The zero-order valence-electron chi connectivity index (χ0n) is 22.1. The van der Waals surface area contributed by atoms with Gasteiger partial charge in [-0.05, 0) is 62.5 Å². The second-order valence-electron chi connectivity index (χ2n) is 10.4. The number of piperidine rings is 1. The van der Waals surface area contributed by atoms with E-state index >= 15 is 0 Å². The van der Waals surface area contributed by atoms with Crippen LogP contribution in [0.5, 0.6) is 5.75 Å². The van der Waals surface area contributed by atoms with Crippen LogP contribution >= 0.6 is 12.4 Å². The van der Waals surface area contributed by atoms with Gasteiger partial charge in [0, 0.05) is 31.6 Å². The van der Waals surface area contributed by atoms with E-state index in [1.807, 2.05) is 13.8 Å². The predicted molar refractivity (Wildman–Crippen MR) is 144 cm³/mol. The van der Waals surface area contributed by atoms with E-state index in [1.165, 1.54) is 11.0 Å². The number of carbonyl (C=O) groups excluding carboxylic acids is 1. The second kappa shape index (κ2) is 13.8. The van der Waals surface area contributed by atoms with Crippen molar-refractivity contribution < 1.29 is 18.4 Å². The molecule has 1 amide bonds. The van der Waals surface area contributed by atoms with Crippen LogP contribution in [0.2, 0.25) is 0 Å². The van der Waals surface area contributed by atoms with Gasteiger partial charge in [0.15, 0.2) is 5.82 Å². The number of halogens is 2. The molecule has 2 saturated heterocycles. The van der Waals surface area contributed by atoms with E-state index in [0.29, 0.717) is 42.8 Å². The Labute approximate surface area is 229 Å². The maximum atomic E-state index is 14.7. The number of carbonyl (C=O) groups is 1. The summed E-state index contributed by atoms with van der Waals surface area (Å²) in [6, 6.07) is 6.14. The van der Waals surface area contributed by atoms with Crippen LogP contribution in [0.25, 0.3) is 0 Å². The average Bonchev–Trinajstić information content (AvgIpc) is 3.58. The quantitative estimate of drug-likeness (QED) is 0.438. The monoisotopic (exact) mass is 548 g/mol. The molecule has 9 nitrogen and oxygen atoms in total. The third-order valence-electron chi connectivity index (χ3n) is 7.32. The lowest BCUT2D eigenvalue weighted by molar-refractivity contribution is -0.132. The lowest BCUT2D eigenvalue weighted by atomic mass is 9.92. The molecule has 4 rings (SSSR count). The number of aromatic nitrogens is 2. The van der Waals surface area contributed by atoms with E-state index in [2.05, 4.69) is 21.1 Å². The molecule has 2 aromatic rings. The highest BCUT2D eigenvalue weighted by Gasteiger charge is 2.32. The fourth-order valence-corrected chi connectivity index (χ4v) is 5.05. The Kier molecular flexibility index (Phi) is 10.7. The number of anilines is 1. The van der Waals surface area contributed by atoms with Crippen molar-refractivity contribution in [3.8, 4) is 11.8 Å². The number of rotatable bonds is 10. The number of benzene rings is 1. The van der Waals surface area contributed by atoms with Crippen molar-refractivity contribution in [1.82, 2.24) is 15.0 Å². The number of hydrogen-bond donors (Lipinski definition) is 1. The number of ether oxygens (including phenoxy) is 1. The smallest absolute Gasteiger partial charge is 0.324 e. The minimum atomic E-state index is -0.876. The van der Waals surface area contributed by atoms with Crippen LogP contribution in [-0.2, 0) is 11.2 Å². The minimum Gasteiger partial charge on any atom is -0.493 e. The van der Waals surface area contributed by atoms with Gasteiger partial charge in [-0.1, -0.05) is 25.1 Å². The fourth-order valence-electron chi connectivity index (χ4n) is 5.05. The zero-order chi connectivity index (χ0) is 26.4. The largest absolute Gasteiger partial charge is 0.493 e. The summed E-state index contributed by atoms with van der Waals surface area (Å²) in [4.78, 5) is 20.8. The fraction of sp³-hybridized carbons (Fsp3) is 0.630. The summed E-state index contributed by atoms with van der Waals surface area (Å²) in [7, 11) is 0. The van der Waals surface area contributed by atoms with Crippen molar-refractivity contribution in [2.75, 3.05) is 31.1 Å². The van der Waals surface area contributed by atoms with Gasteiger partial charge in [0.05, 0.1) is 18.7 Å². The van der Waals surface area contributed by atoms with Gasteiger partial charge < -0.3 is 24.8 Å². The molecule has 0 saturated carbocycles. The van der Waals surface area contributed by atoms with E-state index < -0.39 is 17.9 Å². The molecule has 11 heteroatoms. The van der Waals surface area contributed by atoms with Crippen molar-refractivity contribution in [3.05, 3.63) is 35.4 Å². The van der Waals surface area contributed by atoms with E-state index in [4.69, 9.17) is 15.0 Å². The normalized spacial score (nSPS) is 18.8. The van der Waals surface area contributed by atoms with Gasteiger partial charge in [0.1, 0.15) is 17.6 Å². The molecule has 208 valence electrons. The number of nitrogens with zero attached hydrogens (tertiary/aromatic N) is 5. The highest BCUT2D eigenvalue weighted by atomic mass is 35.5. The Morgan fingerprint density at radius 2 is 2.05 bits per heavy atom. The Morgan fingerprint density at radius 1 is 1.29 bits per heavy atom. The summed E-state index contributed by atoms with van der Waals surface area (Å²) in [5.41, 5.74) is 6.43. The molecule has 2 atom stereocenters. The van der Waals surface area contributed by atoms with E-state index in [0.717, 1.165) is 51.0 Å².